The van der Waals surface area contributed by atoms with Crippen molar-refractivity contribution in [2.45, 2.75) is 76.2 Å². The third-order valence-corrected chi connectivity index (χ3v) is 10.8. The molecule has 1 unspecified atom stereocenters. The molecule has 3 aromatic rings. The number of rotatable bonds is 10. The van der Waals surface area contributed by atoms with E-state index in [9.17, 15) is 19.2 Å². The van der Waals surface area contributed by atoms with Gasteiger partial charge >= 0.3 is 0 Å². The summed E-state index contributed by atoms with van der Waals surface area (Å²) in [5, 5.41) is 4.88. The van der Waals surface area contributed by atoms with E-state index in [4.69, 9.17) is 15.1 Å². The fourth-order valence-corrected chi connectivity index (χ4v) is 7.82. The molecule has 1 aromatic carbocycles. The Morgan fingerprint density at radius 3 is 2.33 bits per heavy atom. The zero-order valence-electron chi connectivity index (χ0n) is 29.0. The second-order valence-electron chi connectivity index (χ2n) is 14.3. The molecule has 0 spiro atoms. The van der Waals surface area contributed by atoms with Gasteiger partial charge in [-0.3, -0.25) is 24.5 Å². The number of carbonyl (C=O) groups excluding carboxylic acids is 4. The SMILES string of the molecule is NC(=O)c1ncc(N2CCCCC2)nc1Cc1ccc(C2CCN(CC3CCN(c4ncc(C(=O)NC5CCC(=O)NC5=O)o4)CC3)CC2)cc1. The van der Waals surface area contributed by atoms with E-state index in [0.29, 0.717) is 30.0 Å². The quantitative estimate of drug-likeness (QED) is 0.265. The maximum absolute atomic E-state index is 12.6. The maximum Gasteiger partial charge on any atom is 0.297 e. The fraction of sp³-hybridized carbons (Fsp3) is 0.541. The molecule has 4 fully saturated rings. The Balaban J connectivity index is 0.855. The standard InChI is InChI=1S/C37H47N9O5/c38-34(48)33-29(41-31(22-39-33)45-14-2-1-3-15-45)20-24-4-6-26(7-5-24)27-12-16-44(17-13-27)23-25-10-18-46(19-11-25)37-40-21-30(51-37)36(50)42-28-8-9-32(47)43-35(28)49/h4-7,21-22,25,27-28H,1-3,8-20,23H2,(H2,38,48)(H,42,50)(H,43,47,49). The molecule has 6 heterocycles. The number of hydrogen-bond acceptors (Lipinski definition) is 11. The molecule has 2 aromatic heterocycles. The number of carbonyl (C=O) groups is 4. The fourth-order valence-electron chi connectivity index (χ4n) is 7.82. The van der Waals surface area contributed by atoms with E-state index < -0.39 is 23.8 Å². The van der Waals surface area contributed by atoms with Crippen LogP contribution >= 0.6 is 0 Å². The van der Waals surface area contributed by atoms with Crippen LogP contribution < -0.4 is 26.2 Å². The van der Waals surface area contributed by atoms with Crippen LogP contribution in [0.25, 0.3) is 0 Å². The highest BCUT2D eigenvalue weighted by Crippen LogP contribution is 2.31. The minimum absolute atomic E-state index is 0.0545. The molecule has 4 aliphatic rings. The first-order valence-corrected chi connectivity index (χ1v) is 18.4. The molecule has 4 aliphatic heterocycles. The lowest BCUT2D eigenvalue weighted by atomic mass is 9.87. The van der Waals surface area contributed by atoms with Crippen LogP contribution in [0.3, 0.4) is 0 Å². The Hall–Kier alpha value is -4.85. The zero-order chi connectivity index (χ0) is 35.3. The summed E-state index contributed by atoms with van der Waals surface area (Å²) < 4.78 is 5.77. The van der Waals surface area contributed by atoms with Crippen LogP contribution in [0.5, 0.6) is 0 Å². The summed E-state index contributed by atoms with van der Waals surface area (Å²) in [6.07, 6.45) is 11.8. The molecule has 14 nitrogen and oxygen atoms in total. The molecule has 4 N–H and O–H groups in total. The molecule has 270 valence electrons. The molecule has 14 heteroatoms. The largest absolute Gasteiger partial charge is 0.418 e. The number of oxazole rings is 1. The number of imide groups is 1. The zero-order valence-corrected chi connectivity index (χ0v) is 29.0. The van der Waals surface area contributed by atoms with Crippen LogP contribution in [0.4, 0.5) is 11.8 Å². The number of nitrogens with one attached hydrogen (secondary N) is 2. The summed E-state index contributed by atoms with van der Waals surface area (Å²) in [5.74, 6) is 0.0931. The van der Waals surface area contributed by atoms with Crippen LogP contribution in [0.15, 0.2) is 41.1 Å². The van der Waals surface area contributed by atoms with E-state index in [1.165, 1.54) is 18.2 Å². The number of nitrogens with two attached hydrogens (primary N) is 1. The van der Waals surface area contributed by atoms with Crippen molar-refractivity contribution < 1.29 is 23.6 Å². The molecule has 7 rings (SSSR count). The van der Waals surface area contributed by atoms with Crippen molar-refractivity contribution in [3.8, 4) is 0 Å². The number of amides is 4. The van der Waals surface area contributed by atoms with Gasteiger partial charge < -0.3 is 30.2 Å². The lowest BCUT2D eigenvalue weighted by molar-refractivity contribution is -0.134. The van der Waals surface area contributed by atoms with Crippen molar-refractivity contribution >= 4 is 35.5 Å². The highest BCUT2D eigenvalue weighted by atomic mass is 16.4. The van der Waals surface area contributed by atoms with Crippen LogP contribution in [0.2, 0.25) is 0 Å². The number of anilines is 2. The first-order chi connectivity index (χ1) is 24.8. The number of likely N-dealkylation sites (tertiary alicyclic amines) is 1. The van der Waals surface area contributed by atoms with Gasteiger partial charge in [0.15, 0.2) is 0 Å². The second-order valence-corrected chi connectivity index (χ2v) is 14.3. The lowest BCUT2D eigenvalue weighted by Gasteiger charge is -2.37. The van der Waals surface area contributed by atoms with Crippen molar-refractivity contribution in [1.29, 1.82) is 0 Å². The van der Waals surface area contributed by atoms with E-state index in [-0.39, 0.29) is 30.2 Å². The number of aromatic nitrogens is 3. The Bertz CT molecular complexity index is 1720. The third kappa shape index (κ3) is 8.38. The number of hydrogen-bond donors (Lipinski definition) is 3. The van der Waals surface area contributed by atoms with Crippen LogP contribution in [-0.2, 0) is 16.0 Å². The van der Waals surface area contributed by atoms with Crippen molar-refractivity contribution in [3.63, 3.8) is 0 Å². The minimum atomic E-state index is -0.761. The molecular formula is C37H47N9O5. The van der Waals surface area contributed by atoms with Gasteiger partial charge in [-0.2, -0.15) is 0 Å². The van der Waals surface area contributed by atoms with Crippen molar-refractivity contribution in [1.82, 2.24) is 30.5 Å². The van der Waals surface area contributed by atoms with Gasteiger partial charge in [0.25, 0.3) is 17.8 Å². The van der Waals surface area contributed by atoms with E-state index in [1.807, 2.05) is 0 Å². The Morgan fingerprint density at radius 2 is 1.63 bits per heavy atom. The predicted molar refractivity (Wildman–Crippen MR) is 189 cm³/mol. The van der Waals surface area contributed by atoms with Gasteiger partial charge in [0.2, 0.25) is 17.6 Å². The first kappa shape index (κ1) is 34.6. The van der Waals surface area contributed by atoms with E-state index in [1.54, 1.807) is 6.20 Å². The lowest BCUT2D eigenvalue weighted by Crippen LogP contribution is -2.52. The predicted octanol–water partition coefficient (Wildman–Crippen LogP) is 2.78. The molecule has 1 atom stereocenters. The van der Waals surface area contributed by atoms with Crippen molar-refractivity contribution in [2.24, 2.45) is 11.7 Å². The Morgan fingerprint density at radius 1 is 0.882 bits per heavy atom. The highest BCUT2D eigenvalue weighted by molar-refractivity contribution is 6.03. The van der Waals surface area contributed by atoms with E-state index >= 15 is 0 Å². The van der Waals surface area contributed by atoms with Crippen LogP contribution in [-0.4, -0.2) is 95.3 Å². The first-order valence-electron chi connectivity index (χ1n) is 18.4. The topological polar surface area (TPSA) is 180 Å². The van der Waals surface area contributed by atoms with E-state index in [0.717, 1.165) is 95.7 Å². The Labute approximate surface area is 297 Å². The molecule has 4 saturated heterocycles. The molecule has 0 bridgehead atoms. The molecule has 0 aliphatic carbocycles. The summed E-state index contributed by atoms with van der Waals surface area (Å²) >= 11 is 0. The molecule has 0 saturated carbocycles. The van der Waals surface area contributed by atoms with Crippen molar-refractivity contribution in [2.75, 3.05) is 55.6 Å². The van der Waals surface area contributed by atoms with Gasteiger partial charge in [-0.05, 0) is 87.4 Å². The van der Waals surface area contributed by atoms with Crippen LogP contribution in [0.1, 0.15) is 102 Å². The molecular weight excluding hydrogens is 650 g/mol. The molecule has 0 radical (unpaired) electrons. The van der Waals surface area contributed by atoms with Gasteiger partial charge in [0.1, 0.15) is 17.6 Å². The second kappa shape index (κ2) is 15.6. The number of piperidine rings is 4. The van der Waals surface area contributed by atoms with Crippen LogP contribution in [0, 0.1) is 5.92 Å². The normalized spacial score (nSPS) is 21.1. The van der Waals surface area contributed by atoms with Gasteiger partial charge in [-0.15, -0.1) is 0 Å². The number of benzene rings is 1. The average molecular weight is 698 g/mol. The summed E-state index contributed by atoms with van der Waals surface area (Å²) in [5.41, 5.74) is 8.99. The molecule has 4 amide bonds. The molecule has 51 heavy (non-hydrogen) atoms. The Kier molecular flexibility index (Phi) is 10.6. The maximum atomic E-state index is 12.6. The van der Waals surface area contributed by atoms with Crippen molar-refractivity contribution in [3.05, 3.63) is 64.9 Å². The number of nitrogens with zero attached hydrogens (tertiary/aromatic N) is 6. The van der Waals surface area contributed by atoms with E-state index in [2.05, 4.69) is 59.6 Å². The van der Waals surface area contributed by atoms with Gasteiger partial charge in [0.05, 0.1) is 18.1 Å². The summed E-state index contributed by atoms with van der Waals surface area (Å²) in [4.78, 5) is 68.6. The third-order valence-electron chi connectivity index (χ3n) is 10.8. The van der Waals surface area contributed by atoms with Gasteiger partial charge in [0, 0.05) is 45.6 Å². The van der Waals surface area contributed by atoms with Gasteiger partial charge in [-0.25, -0.2) is 15.0 Å². The minimum Gasteiger partial charge on any atom is -0.418 e. The smallest absolute Gasteiger partial charge is 0.297 e. The summed E-state index contributed by atoms with van der Waals surface area (Å²) in [7, 11) is 0. The highest BCUT2D eigenvalue weighted by Gasteiger charge is 2.31. The van der Waals surface area contributed by atoms with Gasteiger partial charge in [-0.1, -0.05) is 24.3 Å². The number of primary amides is 1. The summed E-state index contributed by atoms with van der Waals surface area (Å²) in [6, 6.07) is 8.41. The monoisotopic (exact) mass is 697 g/mol. The summed E-state index contributed by atoms with van der Waals surface area (Å²) in [6.45, 7) is 6.74. The average Bonchev–Trinajstić information content (AvgIpc) is 3.65.